The fraction of sp³-hybridized carbons (Fsp3) is 0.750. The lowest BCUT2D eigenvalue weighted by Crippen LogP contribution is -2.35. The first-order valence-electron chi connectivity index (χ1n) is 6.26. The van der Waals surface area contributed by atoms with Crippen LogP contribution in [0.2, 0.25) is 0 Å². The van der Waals surface area contributed by atoms with Crippen molar-refractivity contribution in [2.45, 2.75) is 37.9 Å². The molecule has 1 aromatic rings. The number of rotatable bonds is 2. The Morgan fingerprint density at radius 1 is 1.28 bits per heavy atom. The average molecular weight is 293 g/mol. The Morgan fingerprint density at radius 3 is 2.78 bits per heavy atom. The summed E-state index contributed by atoms with van der Waals surface area (Å²) in [6, 6.07) is 3.62. The molecule has 0 radical (unpaired) electrons. The minimum absolute atomic E-state index is 0. The van der Waals surface area contributed by atoms with Crippen molar-refractivity contribution in [2.24, 2.45) is 7.05 Å². The molecule has 2 aliphatic heterocycles. The van der Waals surface area contributed by atoms with E-state index < -0.39 is 0 Å². The van der Waals surface area contributed by atoms with E-state index in [2.05, 4.69) is 21.4 Å². The van der Waals surface area contributed by atoms with Crippen LogP contribution in [0.25, 0.3) is 0 Å². The molecule has 1 aromatic heterocycles. The third-order valence-corrected chi connectivity index (χ3v) is 3.92. The highest BCUT2D eigenvalue weighted by atomic mass is 35.5. The third kappa shape index (κ3) is 3.38. The fourth-order valence-electron chi connectivity index (χ4n) is 2.94. The van der Waals surface area contributed by atoms with E-state index in [1.54, 1.807) is 0 Å². The highest BCUT2D eigenvalue weighted by Gasteiger charge is 2.29. The predicted molar refractivity (Wildman–Crippen MR) is 77.5 cm³/mol. The summed E-state index contributed by atoms with van der Waals surface area (Å²) in [5.41, 5.74) is 1.32. The number of fused-ring (bicyclic) bond motifs is 2. The summed E-state index contributed by atoms with van der Waals surface area (Å²) in [5, 5.41) is 7.94. The molecule has 2 unspecified atom stereocenters. The molecule has 0 aromatic carbocycles. The van der Waals surface area contributed by atoms with Crippen molar-refractivity contribution in [2.75, 3.05) is 13.1 Å². The van der Waals surface area contributed by atoms with Gasteiger partial charge < -0.3 is 5.32 Å². The summed E-state index contributed by atoms with van der Waals surface area (Å²) in [5.74, 6) is 0. The number of hydrogen-bond acceptors (Lipinski definition) is 3. The molecule has 4 nitrogen and oxygen atoms in total. The number of nitrogens with one attached hydrogen (secondary N) is 1. The van der Waals surface area contributed by atoms with E-state index in [0.29, 0.717) is 0 Å². The molecule has 2 atom stereocenters. The maximum Gasteiger partial charge on any atom is 0.0521 e. The molecule has 0 saturated carbocycles. The number of halogens is 2. The Labute approximate surface area is 121 Å². The zero-order valence-electron chi connectivity index (χ0n) is 10.7. The van der Waals surface area contributed by atoms with E-state index in [9.17, 15) is 0 Å². The molecule has 18 heavy (non-hydrogen) atoms. The van der Waals surface area contributed by atoms with Crippen LogP contribution < -0.4 is 5.32 Å². The van der Waals surface area contributed by atoms with Crippen molar-refractivity contribution in [3.63, 3.8) is 0 Å². The summed E-state index contributed by atoms with van der Waals surface area (Å²) >= 11 is 0. The lowest BCUT2D eigenvalue weighted by molar-refractivity contribution is 0.245. The maximum atomic E-state index is 4.23. The lowest BCUT2D eigenvalue weighted by Gasteiger charge is -2.23. The monoisotopic (exact) mass is 292 g/mol. The van der Waals surface area contributed by atoms with Crippen LogP contribution in [0.1, 0.15) is 25.0 Å². The molecule has 3 heterocycles. The Balaban J connectivity index is 0.000000810. The molecule has 3 rings (SSSR count). The summed E-state index contributed by atoms with van der Waals surface area (Å²) in [4.78, 5) is 2.56. The first-order chi connectivity index (χ1) is 7.81. The Hall–Kier alpha value is -0.290. The molecule has 2 fully saturated rings. The number of aryl methyl sites for hydroxylation is 1. The zero-order chi connectivity index (χ0) is 11.0. The van der Waals surface area contributed by atoms with Crippen LogP contribution in [0, 0.1) is 0 Å². The molecule has 0 aliphatic carbocycles. The van der Waals surface area contributed by atoms with E-state index in [1.807, 2.05) is 17.9 Å². The van der Waals surface area contributed by atoms with Gasteiger partial charge in [0.2, 0.25) is 0 Å². The molecule has 0 amide bonds. The standard InChI is InChI=1S/C12H20N4.2ClH/c1-15-12(4-6-13-15)9-16-7-5-10-2-3-11(8-16)14-10;;/h4,6,10-11,14H,2-3,5,7-9H2,1H3;2*1H. The molecule has 2 saturated heterocycles. The summed E-state index contributed by atoms with van der Waals surface area (Å²) in [7, 11) is 2.03. The Bertz CT molecular complexity index is 369. The van der Waals surface area contributed by atoms with Crippen LogP contribution in [0.3, 0.4) is 0 Å². The minimum Gasteiger partial charge on any atom is -0.310 e. The van der Waals surface area contributed by atoms with Crippen LogP contribution in [-0.2, 0) is 13.6 Å². The minimum atomic E-state index is 0. The smallest absolute Gasteiger partial charge is 0.0521 e. The molecule has 2 aliphatic rings. The molecule has 104 valence electrons. The highest BCUT2D eigenvalue weighted by Crippen LogP contribution is 2.21. The van der Waals surface area contributed by atoms with E-state index in [-0.39, 0.29) is 24.8 Å². The van der Waals surface area contributed by atoms with Gasteiger partial charge >= 0.3 is 0 Å². The van der Waals surface area contributed by atoms with Crippen molar-refractivity contribution in [1.29, 1.82) is 0 Å². The van der Waals surface area contributed by atoms with Gasteiger partial charge in [0.25, 0.3) is 0 Å². The SMILES string of the molecule is Cl.Cl.Cn1nccc1CN1CCC2CCC(C1)N2. The Morgan fingerprint density at radius 2 is 2.06 bits per heavy atom. The first-order valence-corrected chi connectivity index (χ1v) is 6.26. The van der Waals surface area contributed by atoms with Gasteiger partial charge in [-0.3, -0.25) is 9.58 Å². The van der Waals surface area contributed by atoms with Crippen LogP contribution in [0.4, 0.5) is 0 Å². The summed E-state index contributed by atoms with van der Waals surface area (Å²) in [6.07, 6.45) is 5.92. The van der Waals surface area contributed by atoms with Gasteiger partial charge in [-0.25, -0.2) is 0 Å². The van der Waals surface area contributed by atoms with Crippen molar-refractivity contribution in [1.82, 2.24) is 20.0 Å². The van der Waals surface area contributed by atoms with Crippen LogP contribution in [0.5, 0.6) is 0 Å². The van der Waals surface area contributed by atoms with Gasteiger partial charge in [0.15, 0.2) is 0 Å². The zero-order valence-corrected chi connectivity index (χ0v) is 12.3. The molecular formula is C12H22Cl2N4. The Kier molecular flexibility index (Phi) is 5.92. The second-order valence-electron chi connectivity index (χ2n) is 5.11. The number of likely N-dealkylation sites (tertiary alicyclic amines) is 1. The van der Waals surface area contributed by atoms with Gasteiger partial charge in [-0.15, -0.1) is 24.8 Å². The normalized spacial score (nSPS) is 27.2. The largest absolute Gasteiger partial charge is 0.310 e. The molecule has 1 N–H and O–H groups in total. The quantitative estimate of drug-likeness (QED) is 0.899. The maximum absolute atomic E-state index is 4.23. The molecular weight excluding hydrogens is 271 g/mol. The van der Waals surface area contributed by atoms with Gasteiger partial charge in [0.05, 0.1) is 5.69 Å². The van der Waals surface area contributed by atoms with E-state index in [0.717, 1.165) is 18.6 Å². The molecule has 0 spiro atoms. The van der Waals surface area contributed by atoms with E-state index >= 15 is 0 Å². The van der Waals surface area contributed by atoms with Gasteiger partial charge in [0, 0.05) is 45.0 Å². The van der Waals surface area contributed by atoms with Gasteiger partial charge in [-0.2, -0.15) is 5.10 Å². The van der Waals surface area contributed by atoms with Crippen LogP contribution >= 0.6 is 24.8 Å². The van der Waals surface area contributed by atoms with E-state index in [1.165, 1.54) is 38.0 Å². The topological polar surface area (TPSA) is 33.1 Å². The second kappa shape index (κ2) is 6.75. The average Bonchev–Trinajstić information content (AvgIpc) is 2.78. The fourth-order valence-corrected chi connectivity index (χ4v) is 2.94. The van der Waals surface area contributed by atoms with Crippen molar-refractivity contribution < 1.29 is 0 Å². The number of nitrogens with zero attached hydrogens (tertiary/aromatic N) is 3. The van der Waals surface area contributed by atoms with Gasteiger partial charge in [-0.05, 0) is 25.3 Å². The summed E-state index contributed by atoms with van der Waals surface area (Å²) < 4.78 is 1.98. The summed E-state index contributed by atoms with van der Waals surface area (Å²) in [6.45, 7) is 3.46. The van der Waals surface area contributed by atoms with Crippen molar-refractivity contribution in [3.8, 4) is 0 Å². The van der Waals surface area contributed by atoms with E-state index in [4.69, 9.17) is 0 Å². The molecule has 6 heteroatoms. The first kappa shape index (κ1) is 15.8. The van der Waals surface area contributed by atoms with Gasteiger partial charge in [0.1, 0.15) is 0 Å². The third-order valence-electron chi connectivity index (χ3n) is 3.92. The van der Waals surface area contributed by atoms with Crippen LogP contribution in [0.15, 0.2) is 12.3 Å². The van der Waals surface area contributed by atoms with Gasteiger partial charge in [-0.1, -0.05) is 0 Å². The van der Waals surface area contributed by atoms with Crippen molar-refractivity contribution >= 4 is 24.8 Å². The highest BCUT2D eigenvalue weighted by molar-refractivity contribution is 5.85. The lowest BCUT2D eigenvalue weighted by atomic mass is 10.1. The van der Waals surface area contributed by atoms with Crippen molar-refractivity contribution in [3.05, 3.63) is 18.0 Å². The second-order valence-corrected chi connectivity index (χ2v) is 5.11. The number of aromatic nitrogens is 2. The predicted octanol–water partition coefficient (Wildman–Crippen LogP) is 1.59. The molecule has 2 bridgehead atoms. The van der Waals surface area contributed by atoms with Crippen LogP contribution in [-0.4, -0.2) is 39.9 Å². The number of hydrogen-bond donors (Lipinski definition) is 1.